The number of aryl methyl sites for hydroxylation is 1. The number of ether oxygens (including phenoxy) is 1. The van der Waals surface area contributed by atoms with Crippen molar-refractivity contribution in [1.82, 2.24) is 15.2 Å². The predicted octanol–water partition coefficient (Wildman–Crippen LogP) is 3.90. The Morgan fingerprint density at radius 3 is 2.88 bits per heavy atom. The fourth-order valence-electron chi connectivity index (χ4n) is 2.44. The third-order valence-electron chi connectivity index (χ3n) is 4.00. The van der Waals surface area contributed by atoms with Crippen LogP contribution in [0.1, 0.15) is 41.8 Å². The van der Waals surface area contributed by atoms with E-state index in [2.05, 4.69) is 15.3 Å². The van der Waals surface area contributed by atoms with Crippen LogP contribution < -0.4 is 5.32 Å². The quantitative estimate of drug-likeness (QED) is 0.586. The van der Waals surface area contributed by atoms with Crippen LogP contribution >= 0.6 is 11.3 Å². The average Bonchev–Trinajstić information content (AvgIpc) is 3.09. The highest BCUT2D eigenvalue weighted by molar-refractivity contribution is 7.09. The summed E-state index contributed by atoms with van der Waals surface area (Å²) in [5.74, 6) is 0.607. The molecule has 0 bridgehead atoms. The molecule has 1 heterocycles. The molecule has 1 aromatic carbocycles. The van der Waals surface area contributed by atoms with Gasteiger partial charge in [0.2, 0.25) is 0 Å². The Kier molecular flexibility index (Phi) is 7.53. The zero-order valence-corrected chi connectivity index (χ0v) is 16.9. The Hall–Kier alpha value is -1.99. The second kappa shape index (κ2) is 9.64. The SMILES string of the molecule is CCNC(=NCc1ccc(F)c(C)c1)N(C)Cc1csc(C(C)OC)n1. The predicted molar refractivity (Wildman–Crippen MR) is 105 cm³/mol. The van der Waals surface area contributed by atoms with Crippen LogP contribution in [0.4, 0.5) is 4.39 Å². The van der Waals surface area contributed by atoms with Crippen LogP contribution in [-0.2, 0) is 17.8 Å². The molecule has 0 aliphatic rings. The number of hydrogen-bond acceptors (Lipinski definition) is 4. The first-order chi connectivity index (χ1) is 12.4. The van der Waals surface area contributed by atoms with Gasteiger partial charge in [-0.1, -0.05) is 12.1 Å². The molecule has 0 amide bonds. The summed E-state index contributed by atoms with van der Waals surface area (Å²) in [6.45, 7) is 7.71. The molecular weight excluding hydrogens is 351 g/mol. The van der Waals surface area contributed by atoms with Gasteiger partial charge in [0.1, 0.15) is 16.9 Å². The lowest BCUT2D eigenvalue weighted by Crippen LogP contribution is -2.38. The first-order valence-corrected chi connectivity index (χ1v) is 9.54. The van der Waals surface area contributed by atoms with Gasteiger partial charge in [-0.15, -0.1) is 11.3 Å². The van der Waals surface area contributed by atoms with E-state index in [1.54, 1.807) is 31.4 Å². The molecule has 1 atom stereocenters. The van der Waals surface area contributed by atoms with Crippen molar-refractivity contribution in [3.63, 3.8) is 0 Å². The van der Waals surface area contributed by atoms with Crippen LogP contribution in [0.3, 0.4) is 0 Å². The van der Waals surface area contributed by atoms with Gasteiger partial charge in [0, 0.05) is 26.1 Å². The maximum atomic E-state index is 13.4. The normalized spacial score (nSPS) is 12.9. The Bertz CT molecular complexity index is 747. The number of hydrogen-bond donors (Lipinski definition) is 1. The molecule has 2 aromatic rings. The zero-order chi connectivity index (χ0) is 19.1. The van der Waals surface area contributed by atoms with Gasteiger partial charge in [-0.25, -0.2) is 14.4 Å². The number of guanidine groups is 1. The summed E-state index contributed by atoms with van der Waals surface area (Å²) < 4.78 is 18.7. The van der Waals surface area contributed by atoms with E-state index in [1.807, 2.05) is 37.2 Å². The average molecular weight is 379 g/mol. The minimum Gasteiger partial charge on any atom is -0.375 e. The lowest BCUT2D eigenvalue weighted by molar-refractivity contribution is 0.119. The van der Waals surface area contributed by atoms with Crippen molar-refractivity contribution < 1.29 is 9.13 Å². The number of nitrogens with zero attached hydrogens (tertiary/aromatic N) is 3. The largest absolute Gasteiger partial charge is 0.375 e. The zero-order valence-electron chi connectivity index (χ0n) is 16.0. The van der Waals surface area contributed by atoms with Crippen molar-refractivity contribution in [1.29, 1.82) is 0 Å². The molecule has 0 saturated carbocycles. The molecule has 0 radical (unpaired) electrons. The van der Waals surface area contributed by atoms with Crippen LogP contribution in [0.5, 0.6) is 0 Å². The van der Waals surface area contributed by atoms with E-state index in [4.69, 9.17) is 4.74 Å². The van der Waals surface area contributed by atoms with Crippen LogP contribution in [0.15, 0.2) is 28.6 Å². The molecule has 26 heavy (non-hydrogen) atoms. The highest BCUT2D eigenvalue weighted by Crippen LogP contribution is 2.21. The minimum atomic E-state index is -0.189. The topological polar surface area (TPSA) is 49.8 Å². The number of benzene rings is 1. The lowest BCUT2D eigenvalue weighted by Gasteiger charge is -2.21. The molecule has 0 saturated heterocycles. The van der Waals surface area contributed by atoms with Crippen LogP contribution in [0.25, 0.3) is 0 Å². The fourth-order valence-corrected chi connectivity index (χ4v) is 3.28. The van der Waals surface area contributed by atoms with Crippen LogP contribution in [0.2, 0.25) is 0 Å². The highest BCUT2D eigenvalue weighted by Gasteiger charge is 2.12. The van der Waals surface area contributed by atoms with Gasteiger partial charge in [-0.05, 0) is 38.0 Å². The van der Waals surface area contributed by atoms with E-state index in [-0.39, 0.29) is 11.9 Å². The molecule has 7 heteroatoms. The minimum absolute atomic E-state index is 0.00248. The van der Waals surface area contributed by atoms with E-state index in [0.29, 0.717) is 18.7 Å². The summed E-state index contributed by atoms with van der Waals surface area (Å²) in [5.41, 5.74) is 2.61. The van der Waals surface area contributed by atoms with Gasteiger partial charge in [0.25, 0.3) is 0 Å². The third kappa shape index (κ3) is 5.51. The fraction of sp³-hybridized carbons (Fsp3) is 0.474. The second-order valence-electron chi connectivity index (χ2n) is 6.16. The number of aliphatic imine (C=N–C) groups is 1. The summed E-state index contributed by atoms with van der Waals surface area (Å²) in [7, 11) is 3.67. The molecule has 0 aliphatic heterocycles. The number of halogens is 1. The summed E-state index contributed by atoms with van der Waals surface area (Å²) in [4.78, 5) is 11.3. The molecule has 0 spiro atoms. The molecular formula is C19H27FN4OS. The van der Waals surface area contributed by atoms with E-state index in [1.165, 1.54) is 6.07 Å². The van der Waals surface area contributed by atoms with Crippen molar-refractivity contribution in [2.24, 2.45) is 4.99 Å². The maximum Gasteiger partial charge on any atom is 0.194 e. The van der Waals surface area contributed by atoms with Gasteiger partial charge in [-0.3, -0.25) is 0 Å². The smallest absolute Gasteiger partial charge is 0.194 e. The van der Waals surface area contributed by atoms with Crippen LogP contribution in [0, 0.1) is 12.7 Å². The first kappa shape index (κ1) is 20.3. The van der Waals surface area contributed by atoms with E-state index in [9.17, 15) is 4.39 Å². The Morgan fingerprint density at radius 1 is 1.46 bits per heavy atom. The Balaban J connectivity index is 2.06. The van der Waals surface area contributed by atoms with Crippen LogP contribution in [-0.4, -0.2) is 36.5 Å². The molecule has 5 nitrogen and oxygen atoms in total. The van der Waals surface area contributed by atoms with E-state index < -0.39 is 0 Å². The summed E-state index contributed by atoms with van der Waals surface area (Å²) in [6.07, 6.45) is 0.00248. The highest BCUT2D eigenvalue weighted by atomic mass is 32.1. The van der Waals surface area contributed by atoms with Gasteiger partial charge in [0.05, 0.1) is 18.8 Å². The monoisotopic (exact) mass is 378 g/mol. The molecule has 142 valence electrons. The van der Waals surface area contributed by atoms with Crippen molar-refractivity contribution in [3.8, 4) is 0 Å². The van der Waals surface area contributed by atoms with Crippen molar-refractivity contribution in [2.45, 2.75) is 40.0 Å². The van der Waals surface area contributed by atoms with Crippen molar-refractivity contribution in [3.05, 3.63) is 51.2 Å². The summed E-state index contributed by atoms with van der Waals surface area (Å²) >= 11 is 1.60. The maximum absolute atomic E-state index is 13.4. The van der Waals surface area contributed by atoms with E-state index in [0.717, 1.165) is 28.8 Å². The standard InChI is InChI=1S/C19H27FN4OS/c1-6-21-19(22-10-15-7-8-17(20)13(2)9-15)24(4)11-16-12-26-18(23-16)14(3)25-5/h7-9,12,14H,6,10-11H2,1-5H3,(H,21,22). The number of methoxy groups -OCH3 is 1. The number of rotatable bonds is 7. The molecule has 1 aromatic heterocycles. The summed E-state index contributed by atoms with van der Waals surface area (Å²) in [6, 6.07) is 5.10. The van der Waals surface area contributed by atoms with Gasteiger partial charge in [-0.2, -0.15) is 0 Å². The van der Waals surface area contributed by atoms with Crippen molar-refractivity contribution in [2.75, 3.05) is 20.7 Å². The van der Waals surface area contributed by atoms with Gasteiger partial charge >= 0.3 is 0 Å². The van der Waals surface area contributed by atoms with Crippen molar-refractivity contribution >= 4 is 17.3 Å². The molecule has 1 N–H and O–H groups in total. The first-order valence-electron chi connectivity index (χ1n) is 8.66. The summed E-state index contributed by atoms with van der Waals surface area (Å²) in [5, 5.41) is 6.31. The third-order valence-corrected chi connectivity index (χ3v) is 5.05. The molecule has 1 unspecified atom stereocenters. The Labute approximate surface area is 158 Å². The van der Waals surface area contributed by atoms with Gasteiger partial charge in [0.15, 0.2) is 5.96 Å². The Morgan fingerprint density at radius 2 is 2.23 bits per heavy atom. The number of thiazole rings is 1. The lowest BCUT2D eigenvalue weighted by atomic mass is 10.1. The molecule has 2 rings (SSSR count). The molecule has 0 aliphatic carbocycles. The van der Waals surface area contributed by atoms with E-state index >= 15 is 0 Å². The van der Waals surface area contributed by atoms with Gasteiger partial charge < -0.3 is 15.0 Å². The number of nitrogens with one attached hydrogen (secondary N) is 1. The molecule has 0 fully saturated rings. The number of aromatic nitrogens is 1. The second-order valence-corrected chi connectivity index (χ2v) is 7.05.